The third-order valence-electron chi connectivity index (χ3n) is 4.23. The molecule has 0 saturated carbocycles. The molecule has 0 aliphatic heterocycles. The van der Waals surface area contributed by atoms with Crippen molar-refractivity contribution >= 4 is 22.8 Å². The summed E-state index contributed by atoms with van der Waals surface area (Å²) in [5.41, 5.74) is 5.34. The van der Waals surface area contributed by atoms with E-state index in [2.05, 4.69) is 40.7 Å². The largest absolute Gasteiger partial charge is 0.313 e. The average Bonchev–Trinajstić information content (AvgIpc) is 3.00. The van der Waals surface area contributed by atoms with E-state index in [1.165, 1.54) is 17.2 Å². The molecule has 4 aromatic rings. The Morgan fingerprint density at radius 1 is 1.04 bits per heavy atom. The van der Waals surface area contributed by atoms with Gasteiger partial charge in [0.15, 0.2) is 5.16 Å². The predicted molar refractivity (Wildman–Crippen MR) is 104 cm³/mol. The van der Waals surface area contributed by atoms with Crippen LogP contribution >= 0.6 is 11.8 Å². The van der Waals surface area contributed by atoms with Crippen LogP contribution in [0.25, 0.3) is 11.0 Å². The highest BCUT2D eigenvalue weighted by molar-refractivity contribution is 7.98. The Morgan fingerprint density at radius 3 is 2.69 bits per heavy atom. The molecule has 2 aromatic heterocycles. The summed E-state index contributed by atoms with van der Waals surface area (Å²) in [6.45, 7) is 2.81. The van der Waals surface area contributed by atoms with Crippen molar-refractivity contribution in [1.29, 1.82) is 0 Å². The maximum atomic E-state index is 13.4. The lowest BCUT2D eigenvalue weighted by Crippen LogP contribution is -2.02. The summed E-state index contributed by atoms with van der Waals surface area (Å²) in [4.78, 5) is 9.01. The summed E-state index contributed by atoms with van der Waals surface area (Å²) in [5, 5.41) is 0.915. The van der Waals surface area contributed by atoms with Crippen molar-refractivity contribution < 1.29 is 4.39 Å². The molecule has 130 valence electrons. The molecule has 0 amide bonds. The fourth-order valence-electron chi connectivity index (χ4n) is 2.86. The zero-order valence-corrected chi connectivity index (χ0v) is 15.2. The van der Waals surface area contributed by atoms with Gasteiger partial charge in [-0.15, -0.1) is 0 Å². The molecule has 0 saturated heterocycles. The van der Waals surface area contributed by atoms with Gasteiger partial charge in [0.05, 0.1) is 23.8 Å². The normalized spacial score (nSPS) is 11.2. The quantitative estimate of drug-likeness (QED) is 0.456. The van der Waals surface area contributed by atoms with Gasteiger partial charge in [-0.2, -0.15) is 0 Å². The topological polar surface area (TPSA) is 30.7 Å². The van der Waals surface area contributed by atoms with Crippen molar-refractivity contribution in [3.8, 4) is 0 Å². The Labute approximate surface area is 155 Å². The van der Waals surface area contributed by atoms with Crippen LogP contribution in [0.2, 0.25) is 0 Å². The van der Waals surface area contributed by atoms with Crippen LogP contribution in [-0.2, 0) is 12.3 Å². The number of aromatic nitrogens is 3. The first-order chi connectivity index (χ1) is 12.7. The van der Waals surface area contributed by atoms with Crippen LogP contribution in [0.5, 0.6) is 0 Å². The molecule has 5 heteroatoms. The Balaban J connectivity index is 1.65. The molecule has 2 heterocycles. The van der Waals surface area contributed by atoms with Crippen molar-refractivity contribution in [3.05, 3.63) is 89.5 Å². The van der Waals surface area contributed by atoms with Crippen LogP contribution in [0.1, 0.15) is 16.7 Å². The van der Waals surface area contributed by atoms with Crippen molar-refractivity contribution in [2.75, 3.05) is 0 Å². The average molecular weight is 363 g/mol. The number of nitrogens with zero attached hydrogens (tertiary/aromatic N) is 3. The van der Waals surface area contributed by atoms with E-state index in [4.69, 9.17) is 4.98 Å². The van der Waals surface area contributed by atoms with E-state index in [1.54, 1.807) is 30.1 Å². The van der Waals surface area contributed by atoms with Gasteiger partial charge in [0.25, 0.3) is 0 Å². The van der Waals surface area contributed by atoms with Crippen LogP contribution in [0.3, 0.4) is 0 Å². The first-order valence-corrected chi connectivity index (χ1v) is 9.40. The number of hydrogen-bond donors (Lipinski definition) is 0. The standard InChI is InChI=1S/C21H18FN3S/c1-15-5-7-16(8-6-15)13-25-20-12-23-10-9-19(20)24-21(25)26-14-17-3-2-4-18(22)11-17/h2-12H,13-14H2,1H3. The van der Waals surface area contributed by atoms with Gasteiger partial charge in [-0.05, 0) is 36.2 Å². The molecular weight excluding hydrogens is 345 g/mol. The molecule has 4 rings (SSSR count). The van der Waals surface area contributed by atoms with Crippen LogP contribution in [0, 0.1) is 12.7 Å². The minimum absolute atomic E-state index is 0.208. The molecular formula is C21H18FN3S. The van der Waals surface area contributed by atoms with Crippen molar-refractivity contribution in [2.24, 2.45) is 0 Å². The maximum absolute atomic E-state index is 13.4. The minimum atomic E-state index is -0.208. The second kappa shape index (κ2) is 7.30. The summed E-state index contributed by atoms with van der Waals surface area (Å²) < 4.78 is 15.6. The van der Waals surface area contributed by atoms with Gasteiger partial charge in [0.2, 0.25) is 0 Å². The molecule has 0 aliphatic carbocycles. The molecule has 0 spiro atoms. The summed E-state index contributed by atoms with van der Waals surface area (Å²) in [6, 6.07) is 17.1. The second-order valence-corrected chi connectivity index (χ2v) is 7.19. The maximum Gasteiger partial charge on any atom is 0.169 e. The van der Waals surface area contributed by atoms with Gasteiger partial charge in [-0.1, -0.05) is 53.7 Å². The van der Waals surface area contributed by atoms with E-state index in [0.717, 1.165) is 28.3 Å². The first-order valence-electron chi connectivity index (χ1n) is 8.42. The summed E-state index contributed by atoms with van der Waals surface area (Å²) in [5.74, 6) is 0.461. The summed E-state index contributed by atoms with van der Waals surface area (Å²) in [6.07, 6.45) is 3.61. The van der Waals surface area contributed by atoms with E-state index < -0.39 is 0 Å². The number of halogens is 1. The van der Waals surface area contributed by atoms with Crippen molar-refractivity contribution in [1.82, 2.24) is 14.5 Å². The molecule has 0 N–H and O–H groups in total. The van der Waals surface area contributed by atoms with Gasteiger partial charge >= 0.3 is 0 Å². The Bertz CT molecular complexity index is 1040. The SMILES string of the molecule is Cc1ccc(Cn2c(SCc3cccc(F)c3)nc3ccncc32)cc1. The van der Waals surface area contributed by atoms with Crippen LogP contribution < -0.4 is 0 Å². The van der Waals surface area contributed by atoms with E-state index in [-0.39, 0.29) is 5.82 Å². The molecule has 3 nitrogen and oxygen atoms in total. The van der Waals surface area contributed by atoms with E-state index in [0.29, 0.717) is 5.75 Å². The highest BCUT2D eigenvalue weighted by Crippen LogP contribution is 2.27. The smallest absolute Gasteiger partial charge is 0.169 e. The molecule has 0 atom stereocenters. The highest BCUT2D eigenvalue weighted by atomic mass is 32.2. The molecule has 0 bridgehead atoms. The number of pyridine rings is 1. The fraction of sp³-hybridized carbons (Fsp3) is 0.143. The van der Waals surface area contributed by atoms with Crippen LogP contribution in [-0.4, -0.2) is 14.5 Å². The van der Waals surface area contributed by atoms with Crippen molar-refractivity contribution in [2.45, 2.75) is 24.4 Å². The molecule has 0 fully saturated rings. The number of benzene rings is 2. The molecule has 26 heavy (non-hydrogen) atoms. The van der Waals surface area contributed by atoms with Gasteiger partial charge in [0.1, 0.15) is 5.82 Å². The predicted octanol–water partition coefficient (Wildman–Crippen LogP) is 5.22. The zero-order valence-electron chi connectivity index (χ0n) is 14.4. The number of rotatable bonds is 5. The van der Waals surface area contributed by atoms with E-state index >= 15 is 0 Å². The van der Waals surface area contributed by atoms with Gasteiger partial charge < -0.3 is 4.57 Å². The second-order valence-electron chi connectivity index (χ2n) is 6.25. The van der Waals surface area contributed by atoms with E-state index in [9.17, 15) is 4.39 Å². The van der Waals surface area contributed by atoms with E-state index in [1.807, 2.05) is 18.3 Å². The molecule has 2 aromatic carbocycles. The zero-order chi connectivity index (χ0) is 17.9. The van der Waals surface area contributed by atoms with Crippen LogP contribution in [0.15, 0.2) is 72.1 Å². The Morgan fingerprint density at radius 2 is 1.88 bits per heavy atom. The minimum Gasteiger partial charge on any atom is -0.313 e. The number of hydrogen-bond acceptors (Lipinski definition) is 3. The monoisotopic (exact) mass is 363 g/mol. The lowest BCUT2D eigenvalue weighted by molar-refractivity contribution is 0.626. The van der Waals surface area contributed by atoms with Crippen molar-refractivity contribution in [3.63, 3.8) is 0 Å². The highest BCUT2D eigenvalue weighted by Gasteiger charge is 2.12. The van der Waals surface area contributed by atoms with Gasteiger partial charge in [-0.3, -0.25) is 4.98 Å². The number of aryl methyl sites for hydroxylation is 1. The number of fused-ring (bicyclic) bond motifs is 1. The Kier molecular flexibility index (Phi) is 4.71. The lowest BCUT2D eigenvalue weighted by Gasteiger charge is -2.09. The fourth-order valence-corrected chi connectivity index (χ4v) is 3.82. The summed E-state index contributed by atoms with van der Waals surface area (Å²) >= 11 is 1.61. The number of thioether (sulfide) groups is 1. The lowest BCUT2D eigenvalue weighted by atomic mass is 10.1. The van der Waals surface area contributed by atoms with Gasteiger partial charge in [0, 0.05) is 11.9 Å². The Hall–Kier alpha value is -2.66. The molecule has 0 radical (unpaired) electrons. The number of imidazole rings is 1. The molecule has 0 aliphatic rings. The summed E-state index contributed by atoms with van der Waals surface area (Å²) in [7, 11) is 0. The third kappa shape index (κ3) is 3.63. The molecule has 0 unspecified atom stereocenters. The first kappa shape index (κ1) is 16.8. The third-order valence-corrected chi connectivity index (χ3v) is 5.28. The van der Waals surface area contributed by atoms with Gasteiger partial charge in [-0.25, -0.2) is 9.37 Å². The van der Waals surface area contributed by atoms with Crippen LogP contribution in [0.4, 0.5) is 4.39 Å².